The molecule has 1 aliphatic heterocycles. The van der Waals surface area contributed by atoms with Crippen molar-refractivity contribution in [3.8, 4) is 0 Å². The van der Waals surface area contributed by atoms with Crippen molar-refractivity contribution in [3.63, 3.8) is 0 Å². The summed E-state index contributed by atoms with van der Waals surface area (Å²) in [6.45, 7) is 4.27. The van der Waals surface area contributed by atoms with Crippen molar-refractivity contribution in [3.05, 3.63) is 34.9 Å². The molecule has 6 nitrogen and oxygen atoms in total. The molecule has 2 rings (SSSR count). The molecule has 2 amide bonds. The van der Waals surface area contributed by atoms with Crippen LogP contribution in [0.2, 0.25) is 5.02 Å². The zero-order chi connectivity index (χ0) is 17.4. The minimum absolute atomic E-state index is 0.0437. The maximum Gasteiger partial charge on any atom is 0.409 e. The van der Waals surface area contributed by atoms with Crippen LogP contribution < -0.4 is 10.6 Å². The lowest BCUT2D eigenvalue weighted by molar-refractivity contribution is -0.120. The molecule has 0 aromatic heterocycles. The summed E-state index contributed by atoms with van der Waals surface area (Å²) in [5, 5.41) is 6.80. The van der Waals surface area contributed by atoms with Crippen LogP contribution in [0.1, 0.15) is 25.3 Å². The largest absolute Gasteiger partial charge is 0.450 e. The van der Waals surface area contributed by atoms with Crippen molar-refractivity contribution in [2.75, 3.05) is 26.2 Å². The van der Waals surface area contributed by atoms with Crippen molar-refractivity contribution in [1.82, 2.24) is 15.5 Å². The minimum atomic E-state index is -0.253. The summed E-state index contributed by atoms with van der Waals surface area (Å²) in [5.74, 6) is -0.0437. The quantitative estimate of drug-likeness (QED) is 0.822. The second kappa shape index (κ2) is 9.49. The van der Waals surface area contributed by atoms with Gasteiger partial charge in [-0.1, -0.05) is 23.7 Å². The number of carbonyl (C=O) groups is 2. The number of hydrogen-bond acceptors (Lipinski definition) is 4. The molecule has 1 saturated heterocycles. The average molecular weight is 354 g/mol. The standard InChI is InChI=1S/C17H24ClN3O3/c1-2-24-17(23)21-9-7-15(8-10-21)19-12-16(22)20-11-13-3-5-14(18)6-4-13/h3-6,15,19H,2,7-12H2,1H3,(H,20,22). The van der Waals surface area contributed by atoms with E-state index in [1.807, 2.05) is 12.1 Å². The number of carbonyl (C=O) groups excluding carboxylic acids is 2. The molecule has 7 heteroatoms. The first-order valence-electron chi connectivity index (χ1n) is 8.24. The normalized spacial score (nSPS) is 15.2. The number of amides is 2. The van der Waals surface area contributed by atoms with Gasteiger partial charge in [0.25, 0.3) is 0 Å². The molecule has 1 aromatic carbocycles. The third kappa shape index (κ3) is 6.02. The maximum absolute atomic E-state index is 11.9. The molecular weight excluding hydrogens is 330 g/mol. The Morgan fingerprint density at radius 1 is 1.25 bits per heavy atom. The van der Waals surface area contributed by atoms with E-state index in [1.54, 1.807) is 24.0 Å². The van der Waals surface area contributed by atoms with Gasteiger partial charge in [-0.05, 0) is 37.5 Å². The van der Waals surface area contributed by atoms with Gasteiger partial charge in [0.15, 0.2) is 0 Å². The molecular formula is C17H24ClN3O3. The van der Waals surface area contributed by atoms with Gasteiger partial charge in [0.2, 0.25) is 5.91 Å². The molecule has 132 valence electrons. The molecule has 24 heavy (non-hydrogen) atoms. The lowest BCUT2D eigenvalue weighted by Gasteiger charge is -2.31. The fourth-order valence-electron chi connectivity index (χ4n) is 2.58. The van der Waals surface area contributed by atoms with Gasteiger partial charge in [-0.25, -0.2) is 4.79 Å². The average Bonchev–Trinajstić information content (AvgIpc) is 2.60. The molecule has 0 atom stereocenters. The Hall–Kier alpha value is -1.79. The smallest absolute Gasteiger partial charge is 0.409 e. The van der Waals surface area contributed by atoms with E-state index in [0.29, 0.717) is 31.3 Å². The van der Waals surface area contributed by atoms with E-state index in [9.17, 15) is 9.59 Å². The van der Waals surface area contributed by atoms with Gasteiger partial charge in [-0.2, -0.15) is 0 Å². The van der Waals surface area contributed by atoms with Crippen LogP contribution in [0.25, 0.3) is 0 Å². The second-order valence-electron chi connectivity index (χ2n) is 5.74. The third-order valence-electron chi connectivity index (χ3n) is 3.98. The zero-order valence-corrected chi connectivity index (χ0v) is 14.6. The Balaban J connectivity index is 1.62. The molecule has 2 N–H and O–H groups in total. The highest BCUT2D eigenvalue weighted by molar-refractivity contribution is 6.30. The van der Waals surface area contributed by atoms with Gasteiger partial charge >= 0.3 is 6.09 Å². The molecule has 0 aliphatic carbocycles. The van der Waals surface area contributed by atoms with Gasteiger partial charge in [0.1, 0.15) is 0 Å². The van der Waals surface area contributed by atoms with Crippen molar-refractivity contribution < 1.29 is 14.3 Å². The Bertz CT molecular complexity index is 543. The number of likely N-dealkylation sites (tertiary alicyclic amines) is 1. The van der Waals surface area contributed by atoms with Gasteiger partial charge in [0, 0.05) is 30.7 Å². The number of nitrogens with zero attached hydrogens (tertiary/aromatic N) is 1. The van der Waals surface area contributed by atoms with Gasteiger partial charge in [0.05, 0.1) is 13.2 Å². The lowest BCUT2D eigenvalue weighted by atomic mass is 10.1. The van der Waals surface area contributed by atoms with Crippen molar-refractivity contribution in [1.29, 1.82) is 0 Å². The second-order valence-corrected chi connectivity index (χ2v) is 6.18. The summed E-state index contributed by atoms with van der Waals surface area (Å²) in [6.07, 6.45) is 1.39. The molecule has 1 fully saturated rings. The summed E-state index contributed by atoms with van der Waals surface area (Å²) in [4.78, 5) is 25.2. The number of piperidine rings is 1. The van der Waals surface area contributed by atoms with Gasteiger partial charge in [-0.15, -0.1) is 0 Å². The molecule has 1 heterocycles. The number of ether oxygens (including phenoxy) is 1. The van der Waals surface area contributed by atoms with Crippen LogP contribution in [0.4, 0.5) is 4.79 Å². The fraction of sp³-hybridized carbons (Fsp3) is 0.529. The summed E-state index contributed by atoms with van der Waals surface area (Å²) < 4.78 is 4.99. The van der Waals surface area contributed by atoms with Crippen LogP contribution in [0.5, 0.6) is 0 Å². The van der Waals surface area contributed by atoms with Crippen molar-refractivity contribution in [2.45, 2.75) is 32.4 Å². The minimum Gasteiger partial charge on any atom is -0.450 e. The van der Waals surface area contributed by atoms with E-state index in [2.05, 4.69) is 10.6 Å². The van der Waals surface area contributed by atoms with Gasteiger partial charge in [-0.3, -0.25) is 4.79 Å². The van der Waals surface area contributed by atoms with Gasteiger partial charge < -0.3 is 20.3 Å². The van der Waals surface area contributed by atoms with E-state index in [-0.39, 0.29) is 24.6 Å². The first-order chi connectivity index (χ1) is 11.6. The number of nitrogens with one attached hydrogen (secondary N) is 2. The first kappa shape index (κ1) is 18.5. The Morgan fingerprint density at radius 3 is 2.54 bits per heavy atom. The van der Waals surface area contributed by atoms with E-state index in [0.717, 1.165) is 18.4 Å². The Kier molecular flexibility index (Phi) is 7.34. The SMILES string of the molecule is CCOC(=O)N1CCC(NCC(=O)NCc2ccc(Cl)cc2)CC1. The third-order valence-corrected chi connectivity index (χ3v) is 4.23. The molecule has 0 spiro atoms. The molecule has 0 radical (unpaired) electrons. The number of benzene rings is 1. The zero-order valence-electron chi connectivity index (χ0n) is 13.9. The fourth-order valence-corrected chi connectivity index (χ4v) is 2.71. The van der Waals surface area contributed by atoms with E-state index in [4.69, 9.17) is 16.3 Å². The molecule has 1 aliphatic rings. The molecule has 0 unspecified atom stereocenters. The lowest BCUT2D eigenvalue weighted by Crippen LogP contribution is -2.47. The number of halogens is 1. The number of rotatable bonds is 6. The highest BCUT2D eigenvalue weighted by Crippen LogP contribution is 2.11. The predicted molar refractivity (Wildman–Crippen MR) is 92.9 cm³/mol. The van der Waals surface area contributed by atoms with Crippen LogP contribution in [0.15, 0.2) is 24.3 Å². The molecule has 0 saturated carbocycles. The monoisotopic (exact) mass is 353 g/mol. The van der Waals surface area contributed by atoms with Crippen LogP contribution in [-0.4, -0.2) is 49.2 Å². The van der Waals surface area contributed by atoms with Crippen LogP contribution in [0.3, 0.4) is 0 Å². The van der Waals surface area contributed by atoms with Crippen LogP contribution in [0, 0.1) is 0 Å². The maximum atomic E-state index is 11.9. The van der Waals surface area contributed by atoms with Crippen molar-refractivity contribution >= 4 is 23.6 Å². The van der Waals surface area contributed by atoms with Crippen LogP contribution >= 0.6 is 11.6 Å². The summed E-state index contributed by atoms with van der Waals surface area (Å²) in [5.41, 5.74) is 1.01. The van der Waals surface area contributed by atoms with E-state index >= 15 is 0 Å². The topological polar surface area (TPSA) is 70.7 Å². The van der Waals surface area contributed by atoms with Crippen LogP contribution in [-0.2, 0) is 16.1 Å². The van der Waals surface area contributed by atoms with E-state index < -0.39 is 0 Å². The summed E-state index contributed by atoms with van der Waals surface area (Å²) in [7, 11) is 0. The predicted octanol–water partition coefficient (Wildman–Crippen LogP) is 2.17. The first-order valence-corrected chi connectivity index (χ1v) is 8.62. The number of hydrogen-bond donors (Lipinski definition) is 2. The summed E-state index contributed by atoms with van der Waals surface area (Å²) >= 11 is 5.83. The highest BCUT2D eigenvalue weighted by Gasteiger charge is 2.23. The summed E-state index contributed by atoms with van der Waals surface area (Å²) in [6, 6.07) is 7.64. The molecule has 0 bridgehead atoms. The van der Waals surface area contributed by atoms with E-state index in [1.165, 1.54) is 0 Å². The Labute approximate surface area is 147 Å². The molecule has 1 aromatic rings. The Morgan fingerprint density at radius 2 is 1.92 bits per heavy atom. The van der Waals surface area contributed by atoms with Crippen molar-refractivity contribution in [2.24, 2.45) is 0 Å². The highest BCUT2D eigenvalue weighted by atomic mass is 35.5.